The first-order valence-corrected chi connectivity index (χ1v) is 9.38. The molecule has 0 aliphatic carbocycles. The average Bonchev–Trinajstić information content (AvgIpc) is 2.73. The van der Waals surface area contributed by atoms with Gasteiger partial charge in [-0.1, -0.05) is 30.3 Å². The standard InChI is InChI=1S/C22H21N3O2/c26-22-19-5-3-4-18-16(7-8-17(15-27-22)21(18)19)14-24-10-12-25(13-11-24)20-6-1-2-9-23-20/h1-9H,10-15H2. The maximum absolute atomic E-state index is 12.1. The van der Waals surface area contributed by atoms with E-state index in [0.29, 0.717) is 12.2 Å². The number of ether oxygens (including phenoxy) is 1. The van der Waals surface area contributed by atoms with Crippen LogP contribution >= 0.6 is 0 Å². The molecule has 1 aromatic heterocycles. The van der Waals surface area contributed by atoms with Crippen molar-refractivity contribution in [3.8, 4) is 0 Å². The molecule has 1 saturated heterocycles. The van der Waals surface area contributed by atoms with E-state index in [1.807, 2.05) is 30.5 Å². The highest BCUT2D eigenvalue weighted by molar-refractivity contribution is 6.08. The number of pyridine rings is 1. The first-order valence-electron chi connectivity index (χ1n) is 9.38. The quantitative estimate of drug-likeness (QED) is 0.672. The number of hydrogen-bond acceptors (Lipinski definition) is 5. The van der Waals surface area contributed by atoms with Crippen molar-refractivity contribution >= 4 is 22.6 Å². The molecule has 0 amide bonds. The fraction of sp³-hybridized carbons (Fsp3) is 0.273. The van der Waals surface area contributed by atoms with Crippen molar-refractivity contribution in [2.24, 2.45) is 0 Å². The molecule has 0 atom stereocenters. The first kappa shape index (κ1) is 16.3. The number of nitrogens with zero attached hydrogens (tertiary/aromatic N) is 3. The molecule has 3 aromatic rings. The summed E-state index contributed by atoms with van der Waals surface area (Å²) in [6.45, 7) is 5.22. The molecule has 2 aromatic carbocycles. The number of aromatic nitrogens is 1. The second kappa shape index (κ2) is 6.67. The van der Waals surface area contributed by atoms with E-state index in [0.717, 1.165) is 49.5 Å². The lowest BCUT2D eigenvalue weighted by atomic mass is 9.94. The second-order valence-electron chi connectivity index (χ2n) is 7.14. The molecule has 2 aliphatic rings. The highest BCUT2D eigenvalue weighted by Gasteiger charge is 2.23. The van der Waals surface area contributed by atoms with Crippen LogP contribution in [0.3, 0.4) is 0 Å². The van der Waals surface area contributed by atoms with Gasteiger partial charge in [0, 0.05) is 44.3 Å². The molecule has 0 unspecified atom stereocenters. The largest absolute Gasteiger partial charge is 0.457 e. The molecule has 0 bridgehead atoms. The lowest BCUT2D eigenvalue weighted by Gasteiger charge is -2.35. The summed E-state index contributed by atoms with van der Waals surface area (Å²) in [6.07, 6.45) is 1.85. The number of carbonyl (C=O) groups is 1. The molecule has 0 spiro atoms. The van der Waals surface area contributed by atoms with Crippen LogP contribution in [0.25, 0.3) is 10.8 Å². The highest BCUT2D eigenvalue weighted by atomic mass is 16.5. The molecule has 27 heavy (non-hydrogen) atoms. The van der Waals surface area contributed by atoms with Gasteiger partial charge in [-0.05, 0) is 34.7 Å². The van der Waals surface area contributed by atoms with Crippen LogP contribution in [-0.2, 0) is 17.9 Å². The van der Waals surface area contributed by atoms with Crippen molar-refractivity contribution < 1.29 is 9.53 Å². The molecule has 3 heterocycles. The zero-order valence-electron chi connectivity index (χ0n) is 15.1. The van der Waals surface area contributed by atoms with E-state index in [9.17, 15) is 4.79 Å². The SMILES string of the molecule is O=C1OCc2ccc(CN3CCN(c4ccccn4)CC3)c3cccc1c23. The summed E-state index contributed by atoms with van der Waals surface area (Å²) in [5, 5.41) is 2.24. The van der Waals surface area contributed by atoms with Crippen LogP contribution in [0.4, 0.5) is 5.82 Å². The molecule has 0 saturated carbocycles. The monoisotopic (exact) mass is 359 g/mol. The Morgan fingerprint density at radius 1 is 0.963 bits per heavy atom. The van der Waals surface area contributed by atoms with Gasteiger partial charge >= 0.3 is 5.97 Å². The van der Waals surface area contributed by atoms with Gasteiger partial charge < -0.3 is 9.64 Å². The van der Waals surface area contributed by atoms with E-state index >= 15 is 0 Å². The number of carbonyl (C=O) groups excluding carboxylic acids is 1. The molecule has 136 valence electrons. The van der Waals surface area contributed by atoms with Crippen molar-refractivity contribution in [3.63, 3.8) is 0 Å². The number of anilines is 1. The molecular formula is C22H21N3O2. The van der Waals surface area contributed by atoms with Gasteiger partial charge in [0.1, 0.15) is 12.4 Å². The molecular weight excluding hydrogens is 338 g/mol. The molecule has 5 rings (SSSR count). The smallest absolute Gasteiger partial charge is 0.339 e. The Balaban J connectivity index is 1.37. The number of cyclic esters (lactones) is 1. The Kier molecular flexibility index (Phi) is 4.02. The van der Waals surface area contributed by atoms with Crippen LogP contribution in [-0.4, -0.2) is 42.0 Å². The first-order chi connectivity index (χ1) is 13.3. The topological polar surface area (TPSA) is 45.7 Å². The van der Waals surface area contributed by atoms with E-state index < -0.39 is 0 Å². The van der Waals surface area contributed by atoms with Crippen molar-refractivity contribution in [2.45, 2.75) is 13.2 Å². The molecule has 5 nitrogen and oxygen atoms in total. The molecule has 1 fully saturated rings. The van der Waals surface area contributed by atoms with Gasteiger partial charge in [-0.2, -0.15) is 0 Å². The normalized spacial score (nSPS) is 17.2. The van der Waals surface area contributed by atoms with Crippen molar-refractivity contribution in [3.05, 3.63) is 71.4 Å². The maximum Gasteiger partial charge on any atom is 0.339 e. The van der Waals surface area contributed by atoms with Crippen molar-refractivity contribution in [1.82, 2.24) is 9.88 Å². The van der Waals surface area contributed by atoms with Crippen LogP contribution in [0.2, 0.25) is 0 Å². The zero-order valence-corrected chi connectivity index (χ0v) is 15.1. The molecule has 5 heteroatoms. The molecule has 0 radical (unpaired) electrons. The number of esters is 1. The van der Waals surface area contributed by atoms with Gasteiger partial charge in [0.25, 0.3) is 0 Å². The van der Waals surface area contributed by atoms with Crippen molar-refractivity contribution in [2.75, 3.05) is 31.1 Å². The fourth-order valence-electron chi connectivity index (χ4n) is 4.11. The Morgan fingerprint density at radius 2 is 1.85 bits per heavy atom. The van der Waals surface area contributed by atoms with Gasteiger partial charge in [-0.3, -0.25) is 4.90 Å². The lowest BCUT2D eigenvalue weighted by Crippen LogP contribution is -2.46. The summed E-state index contributed by atoms with van der Waals surface area (Å²) in [7, 11) is 0. The van der Waals surface area contributed by atoms with Crippen molar-refractivity contribution in [1.29, 1.82) is 0 Å². The zero-order chi connectivity index (χ0) is 18.2. The van der Waals surface area contributed by atoms with Crippen LogP contribution in [0.15, 0.2) is 54.7 Å². The highest BCUT2D eigenvalue weighted by Crippen LogP contribution is 2.31. The Morgan fingerprint density at radius 3 is 2.67 bits per heavy atom. The minimum atomic E-state index is -0.214. The van der Waals surface area contributed by atoms with Crippen LogP contribution in [0.5, 0.6) is 0 Å². The van der Waals surface area contributed by atoms with Crippen LogP contribution in [0.1, 0.15) is 21.5 Å². The van der Waals surface area contributed by atoms with E-state index in [2.05, 4.69) is 39.0 Å². The van der Waals surface area contributed by atoms with Gasteiger partial charge in [0.05, 0.1) is 5.56 Å². The maximum atomic E-state index is 12.1. The predicted octanol–water partition coefficient (Wildman–Crippen LogP) is 3.23. The van der Waals surface area contributed by atoms with E-state index in [-0.39, 0.29) is 5.97 Å². The van der Waals surface area contributed by atoms with E-state index in [4.69, 9.17) is 4.74 Å². The summed E-state index contributed by atoms with van der Waals surface area (Å²) in [4.78, 5) is 21.4. The minimum Gasteiger partial charge on any atom is -0.457 e. The summed E-state index contributed by atoms with van der Waals surface area (Å²) in [5.41, 5.74) is 3.07. The van der Waals surface area contributed by atoms with Crippen LogP contribution < -0.4 is 4.90 Å². The summed E-state index contributed by atoms with van der Waals surface area (Å²) < 4.78 is 5.28. The second-order valence-corrected chi connectivity index (χ2v) is 7.14. The Hall–Kier alpha value is -2.92. The Bertz CT molecular complexity index is 995. The third-order valence-corrected chi connectivity index (χ3v) is 5.54. The minimum absolute atomic E-state index is 0.214. The third kappa shape index (κ3) is 2.94. The average molecular weight is 359 g/mol. The number of benzene rings is 2. The molecule has 0 N–H and O–H groups in total. The van der Waals surface area contributed by atoms with Gasteiger partial charge in [-0.15, -0.1) is 0 Å². The summed E-state index contributed by atoms with van der Waals surface area (Å²) >= 11 is 0. The Labute approximate surface area is 158 Å². The third-order valence-electron chi connectivity index (χ3n) is 5.54. The van der Waals surface area contributed by atoms with Gasteiger partial charge in [-0.25, -0.2) is 9.78 Å². The predicted molar refractivity (Wildman–Crippen MR) is 105 cm³/mol. The lowest BCUT2D eigenvalue weighted by molar-refractivity contribution is 0.0463. The van der Waals surface area contributed by atoms with E-state index in [1.165, 1.54) is 10.9 Å². The van der Waals surface area contributed by atoms with E-state index in [1.54, 1.807) is 0 Å². The number of hydrogen-bond donors (Lipinski definition) is 0. The summed E-state index contributed by atoms with van der Waals surface area (Å²) in [5.74, 6) is 0.839. The molecule has 2 aliphatic heterocycles. The van der Waals surface area contributed by atoms with Gasteiger partial charge in [0.2, 0.25) is 0 Å². The fourth-order valence-corrected chi connectivity index (χ4v) is 4.11. The summed E-state index contributed by atoms with van der Waals surface area (Å²) in [6, 6.07) is 16.3. The number of piperazine rings is 1. The number of rotatable bonds is 3. The van der Waals surface area contributed by atoms with Crippen LogP contribution in [0, 0.1) is 0 Å². The van der Waals surface area contributed by atoms with Gasteiger partial charge in [0.15, 0.2) is 0 Å².